The molecule has 0 heterocycles. The Balaban J connectivity index is 0. The van der Waals surface area contributed by atoms with Crippen molar-refractivity contribution in [2.24, 2.45) is 0 Å². The summed E-state index contributed by atoms with van der Waals surface area (Å²) in [6.45, 7) is 5.00. The van der Waals surface area contributed by atoms with Crippen LogP contribution in [0, 0.1) is 0 Å². The first-order chi connectivity index (χ1) is 6.72. The molecule has 86 valence electrons. The zero-order valence-corrected chi connectivity index (χ0v) is 8.86. The summed E-state index contributed by atoms with van der Waals surface area (Å²) in [6.07, 6.45) is 0.363. The van der Waals surface area contributed by atoms with Crippen LogP contribution < -0.4 is 0 Å². The van der Waals surface area contributed by atoms with Crippen LogP contribution in [-0.2, 0) is 14.3 Å². The minimum atomic E-state index is -0.184. The lowest BCUT2D eigenvalue weighted by molar-refractivity contribution is -0.144. The van der Waals surface area contributed by atoms with Gasteiger partial charge in [-0.05, 0) is 13.8 Å². The molecule has 0 spiro atoms. The van der Waals surface area contributed by atoms with Crippen LogP contribution in [0.2, 0.25) is 0 Å². The van der Waals surface area contributed by atoms with Crippen molar-refractivity contribution in [2.75, 3.05) is 33.0 Å². The van der Waals surface area contributed by atoms with Gasteiger partial charge in [-0.25, -0.2) is 0 Å². The molecule has 0 aliphatic heterocycles. The molecular formula is C9H20O5. The number of hydrogen-bond acceptors (Lipinski definition) is 5. The molecule has 0 amide bonds. The molecule has 0 rings (SSSR count). The molecule has 0 unspecified atom stereocenters. The molecule has 0 aromatic heterocycles. The van der Waals surface area contributed by atoms with Gasteiger partial charge < -0.3 is 19.7 Å². The van der Waals surface area contributed by atoms with E-state index in [1.54, 1.807) is 6.92 Å². The van der Waals surface area contributed by atoms with E-state index in [2.05, 4.69) is 4.74 Å². The number of hydrogen-bond donors (Lipinski definition) is 2. The van der Waals surface area contributed by atoms with E-state index in [0.29, 0.717) is 26.2 Å². The molecule has 0 saturated carbocycles. The molecule has 0 aliphatic rings. The molecule has 14 heavy (non-hydrogen) atoms. The quantitative estimate of drug-likeness (QED) is 0.472. The fourth-order valence-corrected chi connectivity index (χ4v) is 0.533. The van der Waals surface area contributed by atoms with E-state index in [9.17, 15) is 4.79 Å². The van der Waals surface area contributed by atoms with Crippen molar-refractivity contribution in [3.05, 3.63) is 0 Å². The van der Waals surface area contributed by atoms with Gasteiger partial charge in [-0.1, -0.05) is 0 Å². The van der Waals surface area contributed by atoms with Gasteiger partial charge in [0.05, 0.1) is 32.8 Å². The fraction of sp³-hybridized carbons (Fsp3) is 0.889. The Kier molecular flexibility index (Phi) is 16.8. The van der Waals surface area contributed by atoms with E-state index in [0.717, 1.165) is 0 Å². The van der Waals surface area contributed by atoms with Gasteiger partial charge in [0.15, 0.2) is 0 Å². The van der Waals surface area contributed by atoms with E-state index in [1.165, 1.54) is 0 Å². The minimum absolute atomic E-state index is 0.125. The predicted octanol–water partition coefficient (Wildman–Crippen LogP) is -0.0529. The molecule has 0 aliphatic carbocycles. The first kappa shape index (κ1) is 15.8. The Labute approximate surface area is 84.6 Å². The van der Waals surface area contributed by atoms with Crippen LogP contribution in [0.15, 0.2) is 0 Å². The maximum Gasteiger partial charge on any atom is 0.308 e. The number of ether oxygens (including phenoxy) is 2. The van der Waals surface area contributed by atoms with Crippen molar-refractivity contribution < 1.29 is 24.5 Å². The van der Waals surface area contributed by atoms with Gasteiger partial charge in [0.2, 0.25) is 0 Å². The summed E-state index contributed by atoms with van der Waals surface area (Å²) in [5.74, 6) is -0.184. The summed E-state index contributed by atoms with van der Waals surface area (Å²) in [5.41, 5.74) is 0. The van der Waals surface area contributed by atoms with Crippen LogP contribution in [0.3, 0.4) is 0 Å². The van der Waals surface area contributed by atoms with Gasteiger partial charge in [-0.15, -0.1) is 0 Å². The van der Waals surface area contributed by atoms with Crippen LogP contribution in [0.4, 0.5) is 0 Å². The number of esters is 1. The first-order valence-electron chi connectivity index (χ1n) is 4.67. The Morgan fingerprint density at radius 1 is 1.14 bits per heavy atom. The van der Waals surface area contributed by atoms with Gasteiger partial charge in [0.25, 0.3) is 0 Å². The number of rotatable bonds is 6. The standard InChI is InChI=1S/C7H14O3.C2H6O2/c1-3-9-6-5-7(8)10-4-2;3-1-2-4/h3-6H2,1-2H3;3-4H,1-2H2. The maximum absolute atomic E-state index is 10.6. The predicted molar refractivity (Wildman–Crippen MR) is 51.9 cm³/mol. The summed E-state index contributed by atoms with van der Waals surface area (Å²) < 4.78 is 9.62. The summed E-state index contributed by atoms with van der Waals surface area (Å²) in [4.78, 5) is 10.6. The van der Waals surface area contributed by atoms with E-state index in [1.807, 2.05) is 6.92 Å². The fourth-order valence-electron chi connectivity index (χ4n) is 0.533. The molecule has 0 atom stereocenters. The van der Waals surface area contributed by atoms with Crippen LogP contribution in [0.25, 0.3) is 0 Å². The highest BCUT2D eigenvalue weighted by Gasteiger charge is 1.98. The summed E-state index contributed by atoms with van der Waals surface area (Å²) in [7, 11) is 0. The van der Waals surface area contributed by atoms with Crippen molar-refractivity contribution in [3.8, 4) is 0 Å². The molecule has 0 aromatic carbocycles. The molecule has 0 saturated heterocycles. The SMILES string of the molecule is CCOCCC(=O)OCC.OCCO. The van der Waals surface area contributed by atoms with Gasteiger partial charge in [0, 0.05) is 6.61 Å². The van der Waals surface area contributed by atoms with Gasteiger partial charge >= 0.3 is 5.97 Å². The second-order valence-electron chi connectivity index (χ2n) is 2.20. The zero-order valence-electron chi connectivity index (χ0n) is 8.86. The highest BCUT2D eigenvalue weighted by atomic mass is 16.5. The van der Waals surface area contributed by atoms with Gasteiger partial charge in [0.1, 0.15) is 0 Å². The lowest BCUT2D eigenvalue weighted by Crippen LogP contribution is -2.07. The van der Waals surface area contributed by atoms with Gasteiger partial charge in [-0.3, -0.25) is 4.79 Å². The number of aliphatic hydroxyl groups excluding tert-OH is 2. The van der Waals surface area contributed by atoms with Crippen LogP contribution in [-0.4, -0.2) is 49.2 Å². The molecule has 0 fully saturated rings. The van der Waals surface area contributed by atoms with Crippen LogP contribution in [0.1, 0.15) is 20.3 Å². The molecular weight excluding hydrogens is 188 g/mol. The number of aliphatic hydroxyl groups is 2. The first-order valence-corrected chi connectivity index (χ1v) is 4.67. The molecule has 5 nitrogen and oxygen atoms in total. The molecule has 0 bridgehead atoms. The average Bonchev–Trinajstić information content (AvgIpc) is 2.19. The summed E-state index contributed by atoms with van der Waals surface area (Å²) in [6, 6.07) is 0. The Morgan fingerprint density at radius 2 is 1.71 bits per heavy atom. The van der Waals surface area contributed by atoms with Crippen molar-refractivity contribution >= 4 is 5.97 Å². The lowest BCUT2D eigenvalue weighted by Gasteiger charge is -2.00. The van der Waals surface area contributed by atoms with E-state index in [4.69, 9.17) is 14.9 Å². The second-order valence-corrected chi connectivity index (χ2v) is 2.20. The summed E-state index contributed by atoms with van der Waals surface area (Å²) >= 11 is 0. The Morgan fingerprint density at radius 3 is 2.07 bits per heavy atom. The topological polar surface area (TPSA) is 76.0 Å². The molecule has 5 heteroatoms. The number of carbonyl (C=O) groups is 1. The minimum Gasteiger partial charge on any atom is -0.466 e. The largest absolute Gasteiger partial charge is 0.466 e. The Hall–Kier alpha value is -0.650. The van der Waals surface area contributed by atoms with E-state index >= 15 is 0 Å². The third kappa shape index (κ3) is 17.4. The second kappa shape index (κ2) is 14.9. The maximum atomic E-state index is 10.6. The van der Waals surface area contributed by atoms with Gasteiger partial charge in [-0.2, -0.15) is 0 Å². The Bertz CT molecular complexity index is 114. The third-order valence-corrected chi connectivity index (χ3v) is 1.06. The van der Waals surface area contributed by atoms with E-state index < -0.39 is 0 Å². The monoisotopic (exact) mass is 208 g/mol. The number of carbonyl (C=O) groups excluding carboxylic acids is 1. The highest BCUT2D eigenvalue weighted by Crippen LogP contribution is 1.86. The van der Waals surface area contributed by atoms with Crippen LogP contribution >= 0.6 is 0 Å². The smallest absolute Gasteiger partial charge is 0.308 e. The van der Waals surface area contributed by atoms with Crippen molar-refractivity contribution in [2.45, 2.75) is 20.3 Å². The van der Waals surface area contributed by atoms with Crippen molar-refractivity contribution in [1.29, 1.82) is 0 Å². The van der Waals surface area contributed by atoms with E-state index in [-0.39, 0.29) is 19.2 Å². The average molecular weight is 208 g/mol. The van der Waals surface area contributed by atoms with Crippen molar-refractivity contribution in [3.63, 3.8) is 0 Å². The normalized spacial score (nSPS) is 8.86. The lowest BCUT2D eigenvalue weighted by atomic mass is 10.5. The van der Waals surface area contributed by atoms with Crippen molar-refractivity contribution in [1.82, 2.24) is 0 Å². The third-order valence-electron chi connectivity index (χ3n) is 1.06. The molecule has 2 N–H and O–H groups in total. The van der Waals surface area contributed by atoms with Crippen LogP contribution in [0.5, 0.6) is 0 Å². The summed E-state index contributed by atoms with van der Waals surface area (Å²) in [5, 5.41) is 15.2. The zero-order chi connectivity index (χ0) is 11.2. The highest BCUT2D eigenvalue weighted by molar-refractivity contribution is 5.69. The molecule has 0 aromatic rings. The molecule has 0 radical (unpaired) electrons.